The third kappa shape index (κ3) is 8.46. The van der Waals surface area contributed by atoms with Gasteiger partial charge in [-0.15, -0.1) is 24.7 Å². The average Bonchev–Trinajstić information content (AvgIpc) is 2.93. The summed E-state index contributed by atoms with van der Waals surface area (Å²) in [6.07, 6.45) is 11.5. The summed E-state index contributed by atoms with van der Waals surface area (Å²) in [6.45, 7) is 22.2. The molecule has 0 saturated heterocycles. The second kappa shape index (κ2) is 14.5. The van der Waals surface area contributed by atoms with Gasteiger partial charge in [0.05, 0.1) is 11.8 Å². The lowest BCUT2D eigenvalue weighted by atomic mass is 9.52. The van der Waals surface area contributed by atoms with E-state index in [1.807, 2.05) is 48.5 Å². The molecule has 8 heteroatoms. The highest BCUT2D eigenvalue weighted by Gasteiger charge is 2.59. The number of carbonyl (C=O) groups is 2. The van der Waals surface area contributed by atoms with Gasteiger partial charge in [0.1, 0.15) is 24.7 Å². The van der Waals surface area contributed by atoms with E-state index in [2.05, 4.69) is 79.6 Å². The number of esters is 2. The van der Waals surface area contributed by atoms with Gasteiger partial charge in [0, 0.05) is 24.7 Å². The molecule has 6 nitrogen and oxygen atoms in total. The minimum atomic E-state index is -2.06. The highest BCUT2D eigenvalue weighted by atomic mass is 28.4. The van der Waals surface area contributed by atoms with Crippen LogP contribution in [-0.2, 0) is 19.1 Å². The topological polar surface area (TPSA) is 71.1 Å². The van der Waals surface area contributed by atoms with E-state index in [4.69, 9.17) is 31.2 Å². The fourth-order valence-corrected chi connectivity index (χ4v) is 7.25. The van der Waals surface area contributed by atoms with Gasteiger partial charge in [-0.2, -0.15) is 0 Å². The summed E-state index contributed by atoms with van der Waals surface area (Å²) in [6, 6.07) is 15.5. The maximum Gasteiger partial charge on any atom is 0.310 e. The molecule has 1 aliphatic carbocycles. The number of ether oxygens (including phenoxy) is 2. The zero-order valence-electron chi connectivity index (χ0n) is 29.4. The Kier molecular flexibility index (Phi) is 11.7. The molecule has 3 rings (SSSR count). The van der Waals surface area contributed by atoms with Gasteiger partial charge in [-0.25, -0.2) is 0 Å². The van der Waals surface area contributed by atoms with Gasteiger partial charge in [0.15, 0.2) is 0 Å². The molecule has 46 heavy (non-hydrogen) atoms. The number of rotatable bonds is 12. The van der Waals surface area contributed by atoms with Gasteiger partial charge < -0.3 is 18.3 Å². The summed E-state index contributed by atoms with van der Waals surface area (Å²) >= 11 is 0. The van der Waals surface area contributed by atoms with Crippen LogP contribution in [0.15, 0.2) is 48.5 Å². The first-order valence-electron chi connectivity index (χ1n) is 16.1. The Bertz CT molecular complexity index is 1310. The normalized spacial score (nSPS) is 20.0. The van der Waals surface area contributed by atoms with Crippen LogP contribution >= 0.6 is 0 Å². The zero-order chi connectivity index (χ0) is 34.5. The summed E-state index contributed by atoms with van der Waals surface area (Å²) in [5, 5.41) is 0.0806. The van der Waals surface area contributed by atoms with Crippen LogP contribution in [0.1, 0.15) is 77.3 Å². The molecule has 0 N–H and O–H groups in total. The van der Waals surface area contributed by atoms with Gasteiger partial charge in [-0.3, -0.25) is 9.59 Å². The van der Waals surface area contributed by atoms with Crippen LogP contribution in [0.3, 0.4) is 0 Å². The highest BCUT2D eigenvalue weighted by molar-refractivity contribution is 6.75. The highest BCUT2D eigenvalue weighted by Crippen LogP contribution is 2.59. The van der Waals surface area contributed by atoms with Crippen molar-refractivity contribution in [1.29, 1.82) is 0 Å². The van der Waals surface area contributed by atoms with Crippen molar-refractivity contribution in [3.8, 4) is 36.2 Å². The Morgan fingerprint density at radius 2 is 0.935 bits per heavy atom. The minimum Gasteiger partial charge on any atom is -0.544 e. The quantitative estimate of drug-likeness (QED) is 0.0982. The van der Waals surface area contributed by atoms with Crippen LogP contribution in [0, 0.1) is 36.5 Å². The molecule has 248 valence electrons. The molecule has 0 heterocycles. The van der Waals surface area contributed by atoms with Crippen molar-refractivity contribution in [2.45, 2.75) is 102 Å². The number of terminal acetylenes is 2. The molecule has 0 atom stereocenters. The fraction of sp³-hybridized carbons (Fsp3) is 0.526. The molecule has 2 aromatic carbocycles. The van der Waals surface area contributed by atoms with Crippen molar-refractivity contribution in [3.05, 3.63) is 59.7 Å². The largest absolute Gasteiger partial charge is 0.544 e. The van der Waals surface area contributed by atoms with Gasteiger partial charge >= 0.3 is 11.9 Å². The van der Waals surface area contributed by atoms with E-state index in [1.54, 1.807) is 0 Å². The van der Waals surface area contributed by atoms with Gasteiger partial charge in [0.25, 0.3) is 0 Å². The van der Waals surface area contributed by atoms with Crippen molar-refractivity contribution < 1.29 is 27.9 Å². The van der Waals surface area contributed by atoms with Crippen molar-refractivity contribution in [1.82, 2.24) is 0 Å². The van der Waals surface area contributed by atoms with E-state index in [9.17, 15) is 9.59 Å². The Balaban J connectivity index is 2.02. The fourth-order valence-electron chi connectivity index (χ4n) is 5.19. The number of carbonyl (C=O) groups excluding carboxylic acids is 2. The van der Waals surface area contributed by atoms with E-state index in [0.717, 1.165) is 22.6 Å². The molecule has 0 aliphatic heterocycles. The van der Waals surface area contributed by atoms with Crippen LogP contribution in [0.2, 0.25) is 36.3 Å². The minimum absolute atomic E-state index is 0.0403. The molecular formula is C38H52O6Si2. The predicted octanol–water partition coefficient (Wildman–Crippen LogP) is 8.70. The SMILES string of the molecule is C#CCCOC(=O)C1C(c2ccc(O[Si](C)(C)C(C)(C)C)cc2)C(C(=O)OCCC#C)C1c1ccc(O[Si](C)(C)C(C)(C)C)cc1. The first kappa shape index (κ1) is 37.0. The second-order valence-corrected chi connectivity index (χ2v) is 24.7. The van der Waals surface area contributed by atoms with Crippen LogP contribution in [0.25, 0.3) is 0 Å². The Morgan fingerprint density at radius 3 is 1.20 bits per heavy atom. The van der Waals surface area contributed by atoms with Crippen LogP contribution in [0.4, 0.5) is 0 Å². The predicted molar refractivity (Wildman–Crippen MR) is 190 cm³/mol. The van der Waals surface area contributed by atoms with Crippen LogP contribution in [0.5, 0.6) is 11.5 Å². The second-order valence-electron chi connectivity index (χ2n) is 15.2. The molecule has 0 radical (unpaired) electrons. The van der Waals surface area contributed by atoms with E-state index < -0.39 is 40.3 Å². The number of hydrogen-bond acceptors (Lipinski definition) is 6. The lowest BCUT2D eigenvalue weighted by Gasteiger charge is -2.49. The van der Waals surface area contributed by atoms with E-state index in [1.165, 1.54) is 0 Å². The van der Waals surface area contributed by atoms with E-state index in [-0.39, 0.29) is 35.2 Å². The monoisotopic (exact) mass is 660 g/mol. The molecule has 0 bridgehead atoms. The van der Waals surface area contributed by atoms with Crippen molar-refractivity contribution in [2.75, 3.05) is 13.2 Å². The summed E-state index contributed by atoms with van der Waals surface area (Å²) in [5.41, 5.74) is 1.68. The maximum atomic E-state index is 13.7. The summed E-state index contributed by atoms with van der Waals surface area (Å²) < 4.78 is 24.3. The van der Waals surface area contributed by atoms with Gasteiger partial charge in [0.2, 0.25) is 16.6 Å². The molecule has 0 aromatic heterocycles. The molecule has 1 saturated carbocycles. The molecule has 2 aromatic rings. The maximum absolute atomic E-state index is 13.7. The van der Waals surface area contributed by atoms with Crippen molar-refractivity contribution in [2.24, 2.45) is 11.8 Å². The molecule has 0 amide bonds. The third-order valence-electron chi connectivity index (χ3n) is 9.96. The Labute approximate surface area is 279 Å². The van der Waals surface area contributed by atoms with Gasteiger partial charge in [-0.1, -0.05) is 65.8 Å². The molecule has 1 aliphatic rings. The summed E-state index contributed by atoms with van der Waals surface area (Å²) in [7, 11) is -4.12. The molecule has 0 unspecified atom stereocenters. The average molecular weight is 661 g/mol. The Hall–Kier alpha value is -3.47. The molecule has 0 spiro atoms. The lowest BCUT2D eigenvalue weighted by molar-refractivity contribution is -0.167. The van der Waals surface area contributed by atoms with E-state index in [0.29, 0.717) is 12.8 Å². The third-order valence-corrected chi connectivity index (χ3v) is 18.7. The van der Waals surface area contributed by atoms with Gasteiger partial charge in [-0.05, 0) is 71.7 Å². The smallest absolute Gasteiger partial charge is 0.310 e. The van der Waals surface area contributed by atoms with Crippen molar-refractivity contribution in [3.63, 3.8) is 0 Å². The Morgan fingerprint density at radius 1 is 0.630 bits per heavy atom. The summed E-state index contributed by atoms with van der Waals surface area (Å²) in [4.78, 5) is 27.4. The molecule has 1 fully saturated rings. The standard InChI is InChI=1S/C38H52O6Si2/c1-13-15-25-41-35(39)33-31(27-17-21-29(22-18-27)43-45(9,10)37(3,4)5)34(36(40)42-26-16-14-2)32(33)28-19-23-30(24-20-28)44-46(11,12)38(6,7)8/h1-2,17-24,31-34H,15-16,25-26H2,3-12H3. The molecular weight excluding hydrogens is 609 g/mol. The first-order chi connectivity index (χ1) is 21.3. The number of benzene rings is 2. The zero-order valence-corrected chi connectivity index (χ0v) is 31.4. The van der Waals surface area contributed by atoms with Crippen LogP contribution < -0.4 is 8.85 Å². The van der Waals surface area contributed by atoms with E-state index >= 15 is 0 Å². The lowest BCUT2D eigenvalue weighted by Crippen LogP contribution is -2.52. The summed E-state index contributed by atoms with van der Waals surface area (Å²) in [5.74, 6) is 3.63. The number of hydrogen-bond donors (Lipinski definition) is 0. The van der Waals surface area contributed by atoms with Crippen molar-refractivity contribution >= 4 is 28.6 Å². The van der Waals surface area contributed by atoms with Crippen LogP contribution in [-0.4, -0.2) is 41.8 Å². The first-order valence-corrected chi connectivity index (χ1v) is 21.9.